The highest BCUT2D eigenvalue weighted by molar-refractivity contribution is 6.31. The van der Waals surface area contributed by atoms with E-state index in [0.29, 0.717) is 5.52 Å². The van der Waals surface area contributed by atoms with Crippen LogP contribution in [0, 0.1) is 10.1 Å². The van der Waals surface area contributed by atoms with Crippen LogP contribution in [0.1, 0.15) is 10.4 Å². The molecule has 104 valence electrons. The number of halogens is 1. The molecule has 0 fully saturated rings. The molecule has 0 spiro atoms. The van der Waals surface area contributed by atoms with Crippen LogP contribution >= 0.6 is 11.6 Å². The minimum absolute atomic E-state index is 0.0535. The van der Waals surface area contributed by atoms with Gasteiger partial charge in [-0.1, -0.05) is 23.7 Å². The van der Waals surface area contributed by atoms with Gasteiger partial charge in [0.05, 0.1) is 4.92 Å². The van der Waals surface area contributed by atoms with Crippen LogP contribution in [0.4, 0.5) is 5.69 Å². The van der Waals surface area contributed by atoms with Crippen LogP contribution in [0.15, 0.2) is 48.8 Å². The first kappa shape index (κ1) is 13.3. The van der Waals surface area contributed by atoms with Gasteiger partial charge in [0.2, 0.25) is 6.33 Å². The van der Waals surface area contributed by atoms with Crippen LogP contribution in [0.3, 0.4) is 0 Å². The number of benzene rings is 2. The SMILES string of the molecule is O=C(c1cc(Cl)ccc1[N+](=O)[O-])n1c[nH+]c2ccccc21. The molecule has 0 radical (unpaired) electrons. The van der Waals surface area contributed by atoms with Crippen molar-refractivity contribution in [3.05, 3.63) is 69.5 Å². The number of nitro benzene ring substituents is 1. The zero-order valence-electron chi connectivity index (χ0n) is 10.6. The topological polar surface area (TPSA) is 79.3 Å². The molecule has 0 aliphatic rings. The highest BCUT2D eigenvalue weighted by Crippen LogP contribution is 2.24. The Balaban J connectivity index is 2.19. The second-order valence-corrected chi connectivity index (χ2v) is 4.82. The number of rotatable bonds is 2. The average molecular weight is 303 g/mol. The molecule has 0 aliphatic heterocycles. The molecule has 2 aromatic carbocycles. The summed E-state index contributed by atoms with van der Waals surface area (Å²) in [6.45, 7) is 0. The fourth-order valence-electron chi connectivity index (χ4n) is 2.15. The Labute approximate surface area is 123 Å². The van der Waals surface area contributed by atoms with Crippen molar-refractivity contribution in [1.82, 2.24) is 4.57 Å². The van der Waals surface area contributed by atoms with Crippen molar-refractivity contribution in [2.24, 2.45) is 0 Å². The number of fused-ring (bicyclic) bond motifs is 1. The summed E-state index contributed by atoms with van der Waals surface area (Å²) in [6.07, 6.45) is 1.47. The molecule has 6 nitrogen and oxygen atoms in total. The van der Waals surface area contributed by atoms with E-state index in [-0.39, 0.29) is 16.3 Å². The quantitative estimate of drug-likeness (QED) is 0.539. The summed E-state index contributed by atoms with van der Waals surface area (Å²) in [5.74, 6) is -0.512. The maximum absolute atomic E-state index is 12.6. The van der Waals surface area contributed by atoms with Crippen LogP contribution in [-0.4, -0.2) is 15.4 Å². The summed E-state index contributed by atoms with van der Waals surface area (Å²) in [4.78, 5) is 26.0. The van der Waals surface area contributed by atoms with Gasteiger partial charge in [0, 0.05) is 11.1 Å². The van der Waals surface area contributed by atoms with Gasteiger partial charge >= 0.3 is 5.91 Å². The number of aromatic amines is 1. The van der Waals surface area contributed by atoms with Gasteiger partial charge in [-0.25, -0.2) is 9.78 Å². The van der Waals surface area contributed by atoms with Crippen molar-refractivity contribution >= 4 is 34.2 Å². The molecule has 3 aromatic rings. The molecule has 0 saturated carbocycles. The van der Waals surface area contributed by atoms with Gasteiger partial charge in [-0.3, -0.25) is 10.1 Å². The predicted octanol–water partition coefficient (Wildman–Crippen LogP) is 2.71. The molecule has 21 heavy (non-hydrogen) atoms. The molecule has 1 heterocycles. The molecule has 0 unspecified atom stereocenters. The summed E-state index contributed by atoms with van der Waals surface area (Å²) in [5.41, 5.74) is 1.07. The Morgan fingerprint density at radius 3 is 2.76 bits per heavy atom. The number of carbonyl (C=O) groups excluding carboxylic acids is 1. The molecule has 3 rings (SSSR count). The second-order valence-electron chi connectivity index (χ2n) is 4.38. The van der Waals surface area contributed by atoms with Crippen molar-refractivity contribution in [2.45, 2.75) is 0 Å². The normalized spacial score (nSPS) is 10.7. The van der Waals surface area contributed by atoms with Crippen LogP contribution in [0.2, 0.25) is 5.02 Å². The molecule has 0 amide bonds. The largest absolute Gasteiger partial charge is 0.353 e. The van der Waals surface area contributed by atoms with E-state index in [1.807, 2.05) is 12.1 Å². The van der Waals surface area contributed by atoms with E-state index in [2.05, 4.69) is 4.98 Å². The lowest BCUT2D eigenvalue weighted by Gasteiger charge is -2.00. The number of nitrogens with zero attached hydrogens (tertiary/aromatic N) is 2. The zero-order chi connectivity index (χ0) is 15.0. The van der Waals surface area contributed by atoms with E-state index >= 15 is 0 Å². The Kier molecular flexibility index (Phi) is 3.15. The molecule has 7 heteroatoms. The van der Waals surface area contributed by atoms with Crippen LogP contribution < -0.4 is 4.98 Å². The molecular weight excluding hydrogens is 294 g/mol. The number of para-hydroxylation sites is 2. The highest BCUT2D eigenvalue weighted by atomic mass is 35.5. The number of hydrogen-bond donors (Lipinski definition) is 0. The highest BCUT2D eigenvalue weighted by Gasteiger charge is 2.27. The summed E-state index contributed by atoms with van der Waals surface area (Å²) in [5, 5.41) is 11.3. The van der Waals surface area contributed by atoms with Gasteiger partial charge in [0.15, 0.2) is 11.0 Å². The monoisotopic (exact) mass is 302 g/mol. The summed E-state index contributed by atoms with van der Waals surface area (Å²) in [7, 11) is 0. The number of carbonyl (C=O) groups is 1. The molecule has 0 saturated heterocycles. The number of nitrogens with one attached hydrogen (secondary N) is 1. The van der Waals surface area contributed by atoms with Crippen LogP contribution in [0.5, 0.6) is 0 Å². The zero-order valence-corrected chi connectivity index (χ0v) is 11.4. The molecule has 0 aliphatic carbocycles. The minimum atomic E-state index is -0.598. The van der Waals surface area contributed by atoms with E-state index in [1.54, 1.807) is 12.1 Å². The third kappa shape index (κ3) is 2.25. The first-order chi connectivity index (χ1) is 10.1. The number of H-pyrrole nitrogens is 1. The molecule has 0 bridgehead atoms. The number of nitro groups is 1. The number of aromatic nitrogens is 2. The number of hydrogen-bond acceptors (Lipinski definition) is 3. The summed E-state index contributed by atoms with van der Waals surface area (Å²) in [6, 6.07) is 11.1. The van der Waals surface area contributed by atoms with Crippen molar-refractivity contribution in [3.8, 4) is 0 Å². The lowest BCUT2D eigenvalue weighted by molar-refractivity contribution is -0.385. The Bertz CT molecular complexity index is 873. The van der Waals surface area contributed by atoms with Gasteiger partial charge in [-0.2, -0.15) is 4.57 Å². The fraction of sp³-hybridized carbons (Fsp3) is 0. The third-order valence-corrected chi connectivity index (χ3v) is 3.35. The van der Waals surface area contributed by atoms with E-state index < -0.39 is 10.8 Å². The lowest BCUT2D eigenvalue weighted by atomic mass is 10.1. The van der Waals surface area contributed by atoms with Crippen molar-refractivity contribution < 1.29 is 14.7 Å². The van der Waals surface area contributed by atoms with Gasteiger partial charge in [-0.15, -0.1) is 0 Å². The van der Waals surface area contributed by atoms with Crippen LogP contribution in [0.25, 0.3) is 11.0 Å². The van der Waals surface area contributed by atoms with Crippen LogP contribution in [-0.2, 0) is 0 Å². The number of imidazole rings is 1. The molecule has 1 N–H and O–H groups in total. The minimum Gasteiger partial charge on any atom is -0.258 e. The smallest absolute Gasteiger partial charge is 0.258 e. The molecule has 0 atom stereocenters. The first-order valence-corrected chi connectivity index (χ1v) is 6.42. The molecule has 1 aromatic heterocycles. The van der Waals surface area contributed by atoms with Gasteiger partial charge in [0.25, 0.3) is 5.69 Å². The van der Waals surface area contributed by atoms with Gasteiger partial charge in [-0.05, 0) is 24.3 Å². The standard InChI is InChI=1S/C14H8ClN3O3/c15-9-5-6-12(18(20)21)10(7-9)14(19)17-8-16-11-3-1-2-4-13(11)17/h1-8H/p+1. The second kappa shape index (κ2) is 4.99. The first-order valence-electron chi connectivity index (χ1n) is 6.04. The predicted molar refractivity (Wildman–Crippen MR) is 76.3 cm³/mol. The van der Waals surface area contributed by atoms with Crippen molar-refractivity contribution in [2.75, 3.05) is 0 Å². The van der Waals surface area contributed by atoms with E-state index in [9.17, 15) is 14.9 Å². The maximum Gasteiger partial charge on any atom is 0.353 e. The van der Waals surface area contributed by atoms with E-state index in [1.165, 1.54) is 29.1 Å². The lowest BCUT2D eigenvalue weighted by Crippen LogP contribution is -2.13. The molecular formula is C14H9ClN3O3+. The van der Waals surface area contributed by atoms with Gasteiger partial charge in [0.1, 0.15) is 5.56 Å². The van der Waals surface area contributed by atoms with E-state index in [4.69, 9.17) is 11.6 Å². The fourth-order valence-corrected chi connectivity index (χ4v) is 2.32. The summed E-state index contributed by atoms with van der Waals surface area (Å²) < 4.78 is 1.33. The maximum atomic E-state index is 12.6. The third-order valence-electron chi connectivity index (χ3n) is 3.12. The van der Waals surface area contributed by atoms with Gasteiger partial charge < -0.3 is 0 Å². The average Bonchev–Trinajstić information content (AvgIpc) is 2.90. The van der Waals surface area contributed by atoms with E-state index in [0.717, 1.165) is 5.52 Å². The van der Waals surface area contributed by atoms with Crippen molar-refractivity contribution in [3.63, 3.8) is 0 Å². The van der Waals surface area contributed by atoms with Crippen molar-refractivity contribution in [1.29, 1.82) is 0 Å². The Morgan fingerprint density at radius 2 is 2.00 bits per heavy atom. The Hall–Kier alpha value is -2.73. The Morgan fingerprint density at radius 1 is 1.24 bits per heavy atom. The summed E-state index contributed by atoms with van der Waals surface area (Å²) >= 11 is 5.85.